The fourth-order valence-corrected chi connectivity index (χ4v) is 1.95. The van der Waals surface area contributed by atoms with Crippen molar-refractivity contribution in [3.8, 4) is 5.75 Å². The van der Waals surface area contributed by atoms with Crippen molar-refractivity contribution in [1.29, 1.82) is 0 Å². The van der Waals surface area contributed by atoms with Crippen molar-refractivity contribution in [3.63, 3.8) is 0 Å². The van der Waals surface area contributed by atoms with Crippen molar-refractivity contribution >= 4 is 21.7 Å². The summed E-state index contributed by atoms with van der Waals surface area (Å²) in [6, 6.07) is 7.22. The highest BCUT2D eigenvalue weighted by molar-refractivity contribution is 9.10. The fraction of sp³-hybridized carbons (Fsp3) is 0.0769. The summed E-state index contributed by atoms with van der Waals surface area (Å²) >= 11 is 3.22. The first-order valence-electron chi connectivity index (χ1n) is 5.12. The quantitative estimate of drug-likeness (QED) is 0.817. The van der Waals surface area contributed by atoms with Crippen LogP contribution < -0.4 is 4.74 Å². The highest BCUT2D eigenvalue weighted by Crippen LogP contribution is 2.24. The number of carbonyl (C=O) groups excluding carboxylic acids is 1. The zero-order chi connectivity index (χ0) is 13.1. The molecule has 18 heavy (non-hydrogen) atoms. The number of benzene rings is 1. The molecule has 1 aromatic heterocycles. The summed E-state index contributed by atoms with van der Waals surface area (Å²) in [5.41, 5.74) is 0.373. The van der Waals surface area contributed by atoms with Gasteiger partial charge in [0.2, 0.25) is 5.78 Å². The third-order valence-corrected chi connectivity index (χ3v) is 3.07. The lowest BCUT2D eigenvalue weighted by molar-refractivity contribution is 0.103. The van der Waals surface area contributed by atoms with Crippen molar-refractivity contribution in [3.05, 3.63) is 58.1 Å². The van der Waals surface area contributed by atoms with Crippen molar-refractivity contribution in [1.82, 2.24) is 4.98 Å². The first-order valence-corrected chi connectivity index (χ1v) is 5.91. The normalized spacial score (nSPS) is 10.2. The van der Waals surface area contributed by atoms with Crippen LogP contribution in [0.4, 0.5) is 4.39 Å². The van der Waals surface area contributed by atoms with Gasteiger partial charge in [-0.05, 0) is 30.3 Å². The SMILES string of the molecule is COc1cccnc1C(=O)c1cc(F)ccc1Br. The first kappa shape index (κ1) is 12.7. The Morgan fingerprint density at radius 3 is 2.89 bits per heavy atom. The number of rotatable bonds is 3. The molecule has 1 aromatic carbocycles. The smallest absolute Gasteiger partial charge is 0.216 e. The molecule has 0 atom stereocenters. The van der Waals surface area contributed by atoms with E-state index in [4.69, 9.17) is 4.74 Å². The molecule has 0 aliphatic rings. The molecular formula is C13H9BrFNO2. The molecule has 0 aliphatic heterocycles. The van der Waals surface area contributed by atoms with Crippen LogP contribution >= 0.6 is 15.9 Å². The second-order valence-corrected chi connectivity index (χ2v) is 4.36. The Hall–Kier alpha value is -1.75. The van der Waals surface area contributed by atoms with E-state index < -0.39 is 5.82 Å². The average Bonchev–Trinajstić information content (AvgIpc) is 2.40. The lowest BCUT2D eigenvalue weighted by Crippen LogP contribution is -2.07. The highest BCUT2D eigenvalue weighted by Gasteiger charge is 2.18. The van der Waals surface area contributed by atoms with Gasteiger partial charge >= 0.3 is 0 Å². The Bertz CT molecular complexity index is 601. The van der Waals surface area contributed by atoms with Crippen LogP contribution in [0, 0.1) is 5.82 Å². The van der Waals surface area contributed by atoms with Crippen LogP contribution in [0.3, 0.4) is 0 Å². The van der Waals surface area contributed by atoms with Gasteiger partial charge in [-0.2, -0.15) is 0 Å². The van der Waals surface area contributed by atoms with Crippen molar-refractivity contribution < 1.29 is 13.9 Å². The Morgan fingerprint density at radius 1 is 1.39 bits per heavy atom. The van der Waals surface area contributed by atoms with E-state index in [0.717, 1.165) is 0 Å². The van der Waals surface area contributed by atoms with Gasteiger partial charge in [-0.25, -0.2) is 9.37 Å². The van der Waals surface area contributed by atoms with Crippen LogP contribution in [-0.2, 0) is 0 Å². The summed E-state index contributed by atoms with van der Waals surface area (Å²) < 4.78 is 18.8. The van der Waals surface area contributed by atoms with Gasteiger partial charge in [0.15, 0.2) is 5.69 Å². The Morgan fingerprint density at radius 2 is 2.17 bits per heavy atom. The van der Waals surface area contributed by atoms with Gasteiger partial charge in [0.05, 0.1) is 7.11 Å². The molecule has 2 rings (SSSR count). The zero-order valence-electron chi connectivity index (χ0n) is 9.48. The summed E-state index contributed by atoms with van der Waals surface area (Å²) in [5, 5.41) is 0. The third-order valence-electron chi connectivity index (χ3n) is 2.38. The van der Waals surface area contributed by atoms with Crippen LogP contribution in [0.15, 0.2) is 41.0 Å². The van der Waals surface area contributed by atoms with Crippen LogP contribution in [0.2, 0.25) is 0 Å². The highest BCUT2D eigenvalue weighted by atomic mass is 79.9. The van der Waals surface area contributed by atoms with Gasteiger partial charge in [-0.15, -0.1) is 0 Å². The molecule has 0 bridgehead atoms. The van der Waals surface area contributed by atoms with Crippen LogP contribution in [0.1, 0.15) is 16.1 Å². The number of nitrogens with zero attached hydrogens (tertiary/aromatic N) is 1. The minimum atomic E-state index is -0.476. The number of methoxy groups -OCH3 is 1. The monoisotopic (exact) mass is 309 g/mol. The van der Waals surface area contributed by atoms with E-state index in [1.165, 1.54) is 31.5 Å². The Labute approximate surface area is 112 Å². The number of hydrogen-bond donors (Lipinski definition) is 0. The van der Waals surface area contributed by atoms with E-state index in [1.54, 1.807) is 12.1 Å². The molecule has 0 radical (unpaired) electrons. The molecule has 5 heteroatoms. The predicted octanol–water partition coefficient (Wildman–Crippen LogP) is 3.22. The number of carbonyl (C=O) groups is 1. The molecule has 2 aromatic rings. The topological polar surface area (TPSA) is 39.2 Å². The number of pyridine rings is 1. The molecular weight excluding hydrogens is 301 g/mol. The van der Waals surface area contributed by atoms with Gasteiger partial charge in [0, 0.05) is 16.2 Å². The molecule has 0 N–H and O–H groups in total. The van der Waals surface area contributed by atoms with E-state index in [1.807, 2.05) is 0 Å². The molecule has 0 saturated carbocycles. The first-order chi connectivity index (χ1) is 8.63. The molecule has 0 fully saturated rings. The molecule has 92 valence electrons. The predicted molar refractivity (Wildman–Crippen MR) is 68.3 cm³/mol. The lowest BCUT2D eigenvalue weighted by Gasteiger charge is -2.07. The van der Waals surface area contributed by atoms with Crippen molar-refractivity contribution in [2.75, 3.05) is 7.11 Å². The Kier molecular flexibility index (Phi) is 3.72. The number of ketones is 1. The van der Waals surface area contributed by atoms with E-state index in [-0.39, 0.29) is 17.0 Å². The number of halogens is 2. The second kappa shape index (κ2) is 5.27. The van der Waals surface area contributed by atoms with Gasteiger partial charge in [-0.3, -0.25) is 4.79 Å². The summed E-state index contributed by atoms with van der Waals surface area (Å²) in [5.74, 6) is -0.506. The van der Waals surface area contributed by atoms with Crippen LogP contribution in [0.25, 0.3) is 0 Å². The molecule has 0 spiro atoms. The van der Waals surface area contributed by atoms with Gasteiger partial charge in [0.25, 0.3) is 0 Å². The standard InChI is InChI=1S/C13H9BrFNO2/c1-18-11-3-2-6-16-12(11)13(17)9-7-8(15)4-5-10(9)14/h2-7H,1H3. The van der Waals surface area contributed by atoms with Gasteiger partial charge < -0.3 is 4.74 Å². The van der Waals surface area contributed by atoms with E-state index >= 15 is 0 Å². The molecule has 1 heterocycles. The zero-order valence-corrected chi connectivity index (χ0v) is 11.1. The van der Waals surface area contributed by atoms with E-state index in [9.17, 15) is 9.18 Å². The third kappa shape index (κ3) is 2.41. The molecule has 3 nitrogen and oxygen atoms in total. The summed E-state index contributed by atoms with van der Waals surface area (Å²) in [6.45, 7) is 0. The van der Waals surface area contributed by atoms with Crippen molar-refractivity contribution in [2.45, 2.75) is 0 Å². The maximum Gasteiger partial charge on any atom is 0.216 e. The molecule has 0 unspecified atom stereocenters. The average molecular weight is 310 g/mol. The number of ether oxygens (including phenoxy) is 1. The van der Waals surface area contributed by atoms with E-state index in [2.05, 4.69) is 20.9 Å². The lowest BCUT2D eigenvalue weighted by atomic mass is 10.1. The maximum atomic E-state index is 13.2. The summed E-state index contributed by atoms with van der Waals surface area (Å²) in [6.07, 6.45) is 1.49. The van der Waals surface area contributed by atoms with Gasteiger partial charge in [0.1, 0.15) is 11.6 Å². The minimum Gasteiger partial charge on any atom is -0.494 e. The van der Waals surface area contributed by atoms with Crippen LogP contribution in [0.5, 0.6) is 5.75 Å². The van der Waals surface area contributed by atoms with Crippen molar-refractivity contribution in [2.24, 2.45) is 0 Å². The summed E-state index contributed by atoms with van der Waals surface area (Å²) in [7, 11) is 1.45. The van der Waals surface area contributed by atoms with Crippen LogP contribution in [-0.4, -0.2) is 17.9 Å². The summed E-state index contributed by atoms with van der Waals surface area (Å²) in [4.78, 5) is 16.2. The number of aromatic nitrogens is 1. The van der Waals surface area contributed by atoms with Gasteiger partial charge in [-0.1, -0.05) is 15.9 Å². The maximum absolute atomic E-state index is 13.2. The molecule has 0 amide bonds. The molecule has 0 saturated heterocycles. The number of hydrogen-bond acceptors (Lipinski definition) is 3. The second-order valence-electron chi connectivity index (χ2n) is 3.51. The molecule has 0 aliphatic carbocycles. The van der Waals surface area contributed by atoms with E-state index in [0.29, 0.717) is 10.2 Å². The fourth-order valence-electron chi connectivity index (χ4n) is 1.52. The Balaban J connectivity index is 2.51. The minimum absolute atomic E-state index is 0.159. The largest absolute Gasteiger partial charge is 0.494 e.